The molecule has 0 aliphatic carbocycles. The lowest BCUT2D eigenvalue weighted by molar-refractivity contribution is -0.121. The third-order valence-corrected chi connectivity index (χ3v) is 2.27. The van der Waals surface area contributed by atoms with Crippen LogP contribution in [0.15, 0.2) is 18.2 Å². The van der Waals surface area contributed by atoms with Gasteiger partial charge >= 0.3 is 0 Å². The molecule has 0 aromatic heterocycles. The smallest absolute Gasteiger partial charge is 0.250 e. The lowest BCUT2D eigenvalue weighted by Gasteiger charge is -2.10. The number of nitriles is 1. The van der Waals surface area contributed by atoms with Gasteiger partial charge in [0.15, 0.2) is 0 Å². The van der Waals surface area contributed by atoms with E-state index in [9.17, 15) is 4.79 Å². The fourth-order valence-corrected chi connectivity index (χ4v) is 1.36. The number of anilines is 1. The molecular formula is C13H16N2O4. The standard InChI is InChI=1S/C13H16N2O4/c1-17-5-6-19-9-13(16)15-11-4-3-10(8-14)7-12(11)18-2/h3-4,7H,5-6,9H2,1-2H3,(H,15,16). The van der Waals surface area contributed by atoms with Crippen molar-refractivity contribution in [2.45, 2.75) is 0 Å². The summed E-state index contributed by atoms with van der Waals surface area (Å²) in [6.45, 7) is 0.731. The van der Waals surface area contributed by atoms with Crippen molar-refractivity contribution in [3.63, 3.8) is 0 Å². The summed E-state index contributed by atoms with van der Waals surface area (Å²) >= 11 is 0. The molecule has 1 aromatic rings. The van der Waals surface area contributed by atoms with Crippen molar-refractivity contribution >= 4 is 11.6 Å². The van der Waals surface area contributed by atoms with E-state index in [0.717, 1.165) is 0 Å². The van der Waals surface area contributed by atoms with E-state index in [2.05, 4.69) is 5.32 Å². The molecule has 0 fully saturated rings. The van der Waals surface area contributed by atoms with Crippen molar-refractivity contribution in [3.05, 3.63) is 23.8 Å². The van der Waals surface area contributed by atoms with Gasteiger partial charge in [0.25, 0.3) is 0 Å². The Morgan fingerprint density at radius 2 is 2.16 bits per heavy atom. The summed E-state index contributed by atoms with van der Waals surface area (Å²) in [7, 11) is 3.03. The summed E-state index contributed by atoms with van der Waals surface area (Å²) < 4.78 is 15.0. The van der Waals surface area contributed by atoms with Crippen LogP contribution in [0.25, 0.3) is 0 Å². The van der Waals surface area contributed by atoms with Crippen LogP contribution in [-0.4, -0.2) is 39.9 Å². The van der Waals surface area contributed by atoms with Crippen LogP contribution in [-0.2, 0) is 14.3 Å². The molecule has 1 amide bonds. The van der Waals surface area contributed by atoms with Gasteiger partial charge in [-0.05, 0) is 12.1 Å². The van der Waals surface area contributed by atoms with Crippen molar-refractivity contribution in [1.82, 2.24) is 0 Å². The monoisotopic (exact) mass is 264 g/mol. The molecule has 0 spiro atoms. The molecule has 0 saturated carbocycles. The Kier molecular flexibility index (Phi) is 6.36. The molecule has 0 aliphatic rings. The lowest BCUT2D eigenvalue weighted by atomic mass is 10.2. The van der Waals surface area contributed by atoms with Gasteiger partial charge in [-0.15, -0.1) is 0 Å². The number of benzene rings is 1. The second kappa shape index (κ2) is 8.08. The zero-order valence-corrected chi connectivity index (χ0v) is 10.9. The van der Waals surface area contributed by atoms with Gasteiger partial charge < -0.3 is 19.5 Å². The van der Waals surface area contributed by atoms with Crippen LogP contribution < -0.4 is 10.1 Å². The molecule has 6 nitrogen and oxygen atoms in total. The van der Waals surface area contributed by atoms with Crippen molar-refractivity contribution in [2.75, 3.05) is 39.4 Å². The topological polar surface area (TPSA) is 80.6 Å². The van der Waals surface area contributed by atoms with E-state index in [4.69, 9.17) is 19.5 Å². The van der Waals surface area contributed by atoms with E-state index in [0.29, 0.717) is 30.2 Å². The molecule has 0 bridgehead atoms. The molecule has 6 heteroatoms. The third kappa shape index (κ3) is 4.95. The van der Waals surface area contributed by atoms with E-state index in [1.165, 1.54) is 7.11 Å². The van der Waals surface area contributed by atoms with Crippen LogP contribution in [0.4, 0.5) is 5.69 Å². The van der Waals surface area contributed by atoms with E-state index in [-0.39, 0.29) is 12.5 Å². The van der Waals surface area contributed by atoms with Crippen LogP contribution in [0.3, 0.4) is 0 Å². The van der Waals surface area contributed by atoms with Gasteiger partial charge in [0, 0.05) is 13.2 Å². The number of amides is 1. The number of methoxy groups -OCH3 is 2. The van der Waals surface area contributed by atoms with Crippen molar-refractivity contribution in [3.8, 4) is 11.8 Å². The maximum absolute atomic E-state index is 11.6. The normalized spacial score (nSPS) is 9.74. The number of ether oxygens (including phenoxy) is 3. The fraction of sp³-hybridized carbons (Fsp3) is 0.385. The zero-order valence-electron chi connectivity index (χ0n) is 10.9. The van der Waals surface area contributed by atoms with Crippen molar-refractivity contribution in [2.24, 2.45) is 0 Å². The Labute approximate surface area is 111 Å². The molecule has 19 heavy (non-hydrogen) atoms. The van der Waals surface area contributed by atoms with E-state index < -0.39 is 0 Å². The Hall–Kier alpha value is -2.10. The molecular weight excluding hydrogens is 248 g/mol. The molecule has 0 saturated heterocycles. The number of hydrogen-bond donors (Lipinski definition) is 1. The molecule has 0 aliphatic heterocycles. The Morgan fingerprint density at radius 3 is 2.79 bits per heavy atom. The molecule has 1 rings (SSSR count). The fourth-order valence-electron chi connectivity index (χ4n) is 1.36. The molecule has 1 aromatic carbocycles. The first kappa shape index (κ1) is 15.0. The summed E-state index contributed by atoms with van der Waals surface area (Å²) in [6, 6.07) is 6.77. The minimum Gasteiger partial charge on any atom is -0.495 e. The second-order valence-electron chi connectivity index (χ2n) is 3.62. The van der Waals surface area contributed by atoms with Gasteiger partial charge in [-0.25, -0.2) is 0 Å². The summed E-state index contributed by atoms with van der Waals surface area (Å²) in [5, 5.41) is 11.4. The van der Waals surface area contributed by atoms with E-state index in [1.54, 1.807) is 25.3 Å². The van der Waals surface area contributed by atoms with E-state index >= 15 is 0 Å². The van der Waals surface area contributed by atoms with Gasteiger partial charge in [0.1, 0.15) is 12.4 Å². The van der Waals surface area contributed by atoms with Crippen LogP contribution >= 0.6 is 0 Å². The van der Waals surface area contributed by atoms with Gasteiger partial charge in [0.05, 0.1) is 37.6 Å². The number of rotatable bonds is 7. The van der Waals surface area contributed by atoms with Crippen LogP contribution in [0, 0.1) is 11.3 Å². The number of nitrogens with zero attached hydrogens (tertiary/aromatic N) is 1. The highest BCUT2D eigenvalue weighted by Gasteiger charge is 2.08. The number of carbonyl (C=O) groups is 1. The van der Waals surface area contributed by atoms with E-state index in [1.807, 2.05) is 6.07 Å². The van der Waals surface area contributed by atoms with Crippen LogP contribution in [0.2, 0.25) is 0 Å². The third-order valence-electron chi connectivity index (χ3n) is 2.27. The minimum absolute atomic E-state index is 0.0630. The molecule has 1 N–H and O–H groups in total. The predicted molar refractivity (Wildman–Crippen MR) is 69.0 cm³/mol. The first-order chi connectivity index (χ1) is 9.21. The maximum atomic E-state index is 11.6. The van der Waals surface area contributed by atoms with Crippen LogP contribution in [0.5, 0.6) is 5.75 Å². The average molecular weight is 264 g/mol. The summed E-state index contributed by atoms with van der Waals surface area (Å²) in [6.07, 6.45) is 0. The van der Waals surface area contributed by atoms with Crippen LogP contribution in [0.1, 0.15) is 5.56 Å². The number of carbonyl (C=O) groups excluding carboxylic acids is 1. The molecule has 0 unspecified atom stereocenters. The summed E-state index contributed by atoms with van der Waals surface area (Å²) in [5.74, 6) is 0.142. The first-order valence-electron chi connectivity index (χ1n) is 5.66. The largest absolute Gasteiger partial charge is 0.495 e. The lowest BCUT2D eigenvalue weighted by Crippen LogP contribution is -2.20. The summed E-state index contributed by atoms with van der Waals surface area (Å²) in [4.78, 5) is 11.6. The SMILES string of the molecule is COCCOCC(=O)Nc1ccc(C#N)cc1OC. The Balaban J connectivity index is 2.56. The molecule has 0 radical (unpaired) electrons. The average Bonchev–Trinajstić information content (AvgIpc) is 2.44. The number of hydrogen-bond acceptors (Lipinski definition) is 5. The Bertz CT molecular complexity index is 468. The minimum atomic E-state index is -0.292. The quantitative estimate of drug-likeness (QED) is 0.748. The van der Waals surface area contributed by atoms with Gasteiger partial charge in [0.2, 0.25) is 5.91 Å². The molecule has 102 valence electrons. The number of nitrogens with one attached hydrogen (secondary N) is 1. The maximum Gasteiger partial charge on any atom is 0.250 e. The highest BCUT2D eigenvalue weighted by atomic mass is 16.5. The first-order valence-corrected chi connectivity index (χ1v) is 5.66. The highest BCUT2D eigenvalue weighted by Crippen LogP contribution is 2.25. The summed E-state index contributed by atoms with van der Waals surface area (Å²) in [5.41, 5.74) is 0.966. The van der Waals surface area contributed by atoms with Crippen molar-refractivity contribution in [1.29, 1.82) is 5.26 Å². The van der Waals surface area contributed by atoms with Gasteiger partial charge in [-0.1, -0.05) is 0 Å². The van der Waals surface area contributed by atoms with Gasteiger partial charge in [-0.3, -0.25) is 4.79 Å². The highest BCUT2D eigenvalue weighted by molar-refractivity contribution is 5.93. The molecule has 0 atom stereocenters. The zero-order chi connectivity index (χ0) is 14.1. The molecule has 0 heterocycles. The predicted octanol–water partition coefficient (Wildman–Crippen LogP) is 1.17. The second-order valence-corrected chi connectivity index (χ2v) is 3.62. The Morgan fingerprint density at radius 1 is 1.37 bits per heavy atom. The van der Waals surface area contributed by atoms with Crippen molar-refractivity contribution < 1.29 is 19.0 Å². The van der Waals surface area contributed by atoms with Gasteiger partial charge in [-0.2, -0.15) is 5.26 Å².